The van der Waals surface area contributed by atoms with Gasteiger partial charge in [-0.25, -0.2) is 13.9 Å². The van der Waals surface area contributed by atoms with Crippen molar-refractivity contribution in [3.8, 4) is 16.9 Å². The van der Waals surface area contributed by atoms with Crippen LogP contribution in [0.3, 0.4) is 0 Å². The molecule has 1 atom stereocenters. The van der Waals surface area contributed by atoms with Crippen LogP contribution in [0.5, 0.6) is 5.75 Å². The first kappa shape index (κ1) is 32.5. The molecule has 1 aliphatic rings. The van der Waals surface area contributed by atoms with Crippen molar-refractivity contribution in [3.63, 3.8) is 0 Å². The molecular weight excluding hydrogens is 631 g/mol. The van der Waals surface area contributed by atoms with Crippen molar-refractivity contribution in [2.75, 3.05) is 53.0 Å². The van der Waals surface area contributed by atoms with Gasteiger partial charge in [-0.15, -0.1) is 0 Å². The molecule has 1 fully saturated rings. The van der Waals surface area contributed by atoms with E-state index in [0.717, 1.165) is 76.8 Å². The number of nitrogens with zero attached hydrogens (tertiary/aromatic N) is 6. The first-order chi connectivity index (χ1) is 23.4. The minimum atomic E-state index is -1.13. The van der Waals surface area contributed by atoms with Gasteiger partial charge in [0.05, 0.1) is 34.6 Å². The van der Waals surface area contributed by atoms with E-state index < -0.39 is 6.29 Å². The SMILES string of the molecule is CCOC(O)c1c(CCCOc2cccc3cc(F)ccc23)c2ccc(Cl)c(-c3cnn4cccnc34)c2n1CCN1CCN(C)CC1. The van der Waals surface area contributed by atoms with E-state index in [2.05, 4.69) is 31.5 Å². The van der Waals surface area contributed by atoms with Crippen molar-refractivity contribution in [2.24, 2.45) is 0 Å². The Hall–Kier alpha value is -4.06. The predicted octanol–water partition coefficient (Wildman–Crippen LogP) is 6.58. The molecule has 0 aliphatic carbocycles. The number of aliphatic hydroxyl groups is 1. The van der Waals surface area contributed by atoms with Crippen LogP contribution in [0.1, 0.15) is 30.9 Å². The van der Waals surface area contributed by atoms with Crippen LogP contribution in [-0.2, 0) is 17.7 Å². The summed E-state index contributed by atoms with van der Waals surface area (Å²) in [6.07, 6.45) is 5.61. The molecular formula is C37H40ClFN6O3. The van der Waals surface area contributed by atoms with Gasteiger partial charge in [0.2, 0.25) is 0 Å². The quantitative estimate of drug-likeness (QED) is 0.116. The lowest BCUT2D eigenvalue weighted by molar-refractivity contribution is -0.103. The number of fused-ring (bicyclic) bond motifs is 3. The molecule has 4 heterocycles. The number of aromatic nitrogens is 4. The molecule has 9 nitrogen and oxygen atoms in total. The van der Waals surface area contributed by atoms with Crippen molar-refractivity contribution in [2.45, 2.75) is 32.6 Å². The summed E-state index contributed by atoms with van der Waals surface area (Å²) in [6, 6.07) is 16.2. The van der Waals surface area contributed by atoms with E-state index in [-0.39, 0.29) is 5.82 Å². The summed E-state index contributed by atoms with van der Waals surface area (Å²) in [5, 5.41) is 19.4. The van der Waals surface area contributed by atoms with E-state index in [9.17, 15) is 9.50 Å². The highest BCUT2D eigenvalue weighted by Crippen LogP contribution is 2.42. The summed E-state index contributed by atoms with van der Waals surface area (Å²) >= 11 is 7.06. The zero-order chi connectivity index (χ0) is 33.2. The molecule has 0 spiro atoms. The summed E-state index contributed by atoms with van der Waals surface area (Å²) in [6.45, 7) is 8.13. The van der Waals surface area contributed by atoms with E-state index in [1.54, 1.807) is 16.8 Å². The van der Waals surface area contributed by atoms with Crippen molar-refractivity contribution in [3.05, 3.63) is 95.3 Å². The number of halogens is 2. The van der Waals surface area contributed by atoms with E-state index >= 15 is 0 Å². The maximum Gasteiger partial charge on any atom is 0.196 e. The number of aryl methyl sites for hydroxylation is 1. The Kier molecular flexibility index (Phi) is 9.61. The fourth-order valence-electron chi connectivity index (χ4n) is 6.88. The Morgan fingerprint density at radius 3 is 2.69 bits per heavy atom. The summed E-state index contributed by atoms with van der Waals surface area (Å²) in [5.41, 5.74) is 5.01. The van der Waals surface area contributed by atoms with Crippen molar-refractivity contribution >= 4 is 38.9 Å². The van der Waals surface area contributed by atoms with Gasteiger partial charge >= 0.3 is 0 Å². The number of rotatable bonds is 12. The maximum absolute atomic E-state index is 13.9. The lowest BCUT2D eigenvalue weighted by Gasteiger charge is -2.32. The molecule has 1 aliphatic heterocycles. The van der Waals surface area contributed by atoms with Gasteiger partial charge in [0.25, 0.3) is 0 Å². The van der Waals surface area contributed by atoms with Gasteiger partial charge in [-0.2, -0.15) is 5.10 Å². The first-order valence-electron chi connectivity index (χ1n) is 16.6. The molecule has 3 aromatic heterocycles. The fraction of sp³-hybridized carbons (Fsp3) is 0.351. The fourth-order valence-corrected chi connectivity index (χ4v) is 7.13. The lowest BCUT2D eigenvalue weighted by atomic mass is 10.0. The molecule has 0 saturated carbocycles. The van der Waals surface area contributed by atoms with E-state index in [1.807, 2.05) is 55.7 Å². The van der Waals surface area contributed by atoms with Gasteiger partial charge in [-0.3, -0.25) is 4.90 Å². The van der Waals surface area contributed by atoms with E-state index in [1.165, 1.54) is 12.1 Å². The van der Waals surface area contributed by atoms with Gasteiger partial charge in [0, 0.05) is 74.6 Å². The van der Waals surface area contributed by atoms with E-state index in [0.29, 0.717) is 49.0 Å². The average molecular weight is 671 g/mol. The van der Waals surface area contributed by atoms with Crippen LogP contribution in [-0.4, -0.2) is 87.1 Å². The molecule has 1 unspecified atom stereocenters. The molecule has 1 saturated heterocycles. The zero-order valence-electron chi connectivity index (χ0n) is 27.3. The smallest absolute Gasteiger partial charge is 0.196 e. The van der Waals surface area contributed by atoms with Crippen LogP contribution >= 0.6 is 11.6 Å². The number of ether oxygens (including phenoxy) is 2. The molecule has 48 heavy (non-hydrogen) atoms. The molecule has 11 heteroatoms. The van der Waals surface area contributed by atoms with Gasteiger partial charge in [-0.1, -0.05) is 29.8 Å². The normalized spacial score (nSPS) is 15.2. The molecule has 6 aromatic rings. The van der Waals surface area contributed by atoms with Crippen LogP contribution in [0.2, 0.25) is 5.02 Å². The Balaban J connectivity index is 1.29. The zero-order valence-corrected chi connectivity index (χ0v) is 28.0. The summed E-state index contributed by atoms with van der Waals surface area (Å²) < 4.78 is 30.0. The molecule has 7 rings (SSSR count). The third-order valence-electron chi connectivity index (χ3n) is 9.30. The van der Waals surface area contributed by atoms with Crippen LogP contribution in [0.15, 0.2) is 73.2 Å². The monoisotopic (exact) mass is 670 g/mol. The minimum Gasteiger partial charge on any atom is -0.493 e. The number of benzene rings is 3. The minimum absolute atomic E-state index is 0.275. The number of piperazine rings is 1. The first-order valence-corrected chi connectivity index (χ1v) is 16.9. The maximum atomic E-state index is 13.9. The lowest BCUT2D eigenvalue weighted by Crippen LogP contribution is -2.45. The molecule has 3 aromatic carbocycles. The topological polar surface area (TPSA) is 80.3 Å². The summed E-state index contributed by atoms with van der Waals surface area (Å²) in [4.78, 5) is 9.45. The molecule has 0 bridgehead atoms. The highest BCUT2D eigenvalue weighted by molar-refractivity contribution is 6.35. The van der Waals surface area contributed by atoms with Crippen LogP contribution in [0.4, 0.5) is 4.39 Å². The Morgan fingerprint density at radius 2 is 1.85 bits per heavy atom. The second-order valence-corrected chi connectivity index (χ2v) is 12.7. The Bertz CT molecular complexity index is 2050. The largest absolute Gasteiger partial charge is 0.493 e. The standard InChI is InChI=1S/C37H40ClFN6O3/c1-3-47-37(46)35-28(8-5-22-48-32-9-4-7-25-23-26(39)10-11-27(25)32)29-12-13-31(38)33(30-24-41-45-15-6-14-40-36(30)45)34(29)44(35)21-20-43-18-16-42(2)17-19-43/h4,6-7,9-15,23-24,37,46H,3,5,8,16-22H2,1-2H3. The Morgan fingerprint density at radius 1 is 1.02 bits per heavy atom. The highest BCUT2D eigenvalue weighted by atomic mass is 35.5. The van der Waals surface area contributed by atoms with Gasteiger partial charge in [-0.05, 0) is 74.2 Å². The summed E-state index contributed by atoms with van der Waals surface area (Å²) in [7, 11) is 2.15. The van der Waals surface area contributed by atoms with Gasteiger partial charge < -0.3 is 24.0 Å². The third kappa shape index (κ3) is 6.38. The third-order valence-corrected chi connectivity index (χ3v) is 9.61. The molecule has 0 radical (unpaired) electrons. The average Bonchev–Trinajstić information content (AvgIpc) is 3.65. The number of hydrogen-bond acceptors (Lipinski definition) is 7. The molecule has 1 N–H and O–H groups in total. The van der Waals surface area contributed by atoms with Crippen molar-refractivity contribution in [1.82, 2.24) is 29.0 Å². The van der Waals surface area contributed by atoms with Crippen molar-refractivity contribution < 1.29 is 19.0 Å². The van der Waals surface area contributed by atoms with Crippen LogP contribution < -0.4 is 4.74 Å². The number of aliphatic hydroxyl groups excluding tert-OH is 1. The highest BCUT2D eigenvalue weighted by Gasteiger charge is 2.28. The Labute approximate surface area is 284 Å². The molecule has 250 valence electrons. The van der Waals surface area contributed by atoms with Crippen molar-refractivity contribution in [1.29, 1.82) is 0 Å². The number of hydrogen-bond donors (Lipinski definition) is 1. The number of likely N-dealkylation sites (N-methyl/N-ethyl adjacent to an activating group) is 1. The van der Waals surface area contributed by atoms with Crippen LogP contribution in [0, 0.1) is 5.82 Å². The van der Waals surface area contributed by atoms with Gasteiger partial charge in [0.15, 0.2) is 11.9 Å². The van der Waals surface area contributed by atoms with Crippen LogP contribution in [0.25, 0.3) is 38.4 Å². The van der Waals surface area contributed by atoms with E-state index in [4.69, 9.17) is 21.1 Å². The molecule has 0 amide bonds. The predicted molar refractivity (Wildman–Crippen MR) is 187 cm³/mol. The second kappa shape index (κ2) is 14.2. The summed E-state index contributed by atoms with van der Waals surface area (Å²) in [5.74, 6) is 0.440. The van der Waals surface area contributed by atoms with Gasteiger partial charge in [0.1, 0.15) is 11.6 Å². The second-order valence-electron chi connectivity index (χ2n) is 12.3.